The van der Waals surface area contributed by atoms with E-state index in [2.05, 4.69) is 19.4 Å². The molecular weight excluding hydrogens is 272 g/mol. The first-order valence-corrected chi connectivity index (χ1v) is 9.58. The van der Waals surface area contributed by atoms with Gasteiger partial charge >= 0.3 is 0 Å². The largest absolute Gasteiger partial charge is 0.346 e. The number of nitrogens with zero attached hydrogens (tertiary/aromatic N) is 1. The molecule has 5 saturated carbocycles. The number of carbonyl (C=O) groups is 1. The maximum absolute atomic E-state index is 12.8. The first-order chi connectivity index (χ1) is 10.4. The van der Waals surface area contributed by atoms with Crippen LogP contribution in [0.15, 0.2) is 0 Å². The number of hydrogen-bond donors (Lipinski definition) is 1. The highest BCUT2D eigenvalue weighted by molar-refractivity contribution is 5.78. The molecule has 0 aromatic heterocycles. The first kappa shape index (κ1) is 15.0. The van der Waals surface area contributed by atoms with Gasteiger partial charge < -0.3 is 9.80 Å². The lowest BCUT2D eigenvalue weighted by Crippen LogP contribution is -2.62. The lowest BCUT2D eigenvalue weighted by Gasteiger charge is -2.57. The van der Waals surface area contributed by atoms with Crippen molar-refractivity contribution in [3.8, 4) is 0 Å². The molecule has 124 valence electrons. The SMILES string of the molecule is C[N+](C)(CC(=O)NC12CC3CC(CC(C3)C1)C2)C1CCCC1. The lowest BCUT2D eigenvalue weighted by molar-refractivity contribution is -0.906. The fourth-order valence-corrected chi connectivity index (χ4v) is 6.70. The molecule has 0 spiro atoms. The molecular formula is C19H33N2O+. The highest BCUT2D eigenvalue weighted by Gasteiger charge is 2.51. The van der Waals surface area contributed by atoms with Crippen LogP contribution in [0.1, 0.15) is 64.2 Å². The Balaban J connectivity index is 1.39. The van der Waals surface area contributed by atoms with Gasteiger partial charge in [0.2, 0.25) is 0 Å². The molecule has 3 nitrogen and oxygen atoms in total. The van der Waals surface area contributed by atoms with Gasteiger partial charge in [-0.2, -0.15) is 0 Å². The Hall–Kier alpha value is -0.570. The normalized spacial score (nSPS) is 41.1. The molecule has 4 bridgehead atoms. The Kier molecular flexibility index (Phi) is 3.56. The van der Waals surface area contributed by atoms with E-state index in [4.69, 9.17) is 0 Å². The van der Waals surface area contributed by atoms with Crippen molar-refractivity contribution in [2.75, 3.05) is 20.6 Å². The van der Waals surface area contributed by atoms with Crippen LogP contribution in [0.3, 0.4) is 0 Å². The van der Waals surface area contributed by atoms with Gasteiger partial charge in [-0.05, 0) is 82.0 Å². The quantitative estimate of drug-likeness (QED) is 0.795. The van der Waals surface area contributed by atoms with Crippen molar-refractivity contribution in [2.24, 2.45) is 17.8 Å². The van der Waals surface area contributed by atoms with Crippen LogP contribution in [0.4, 0.5) is 0 Å². The van der Waals surface area contributed by atoms with Gasteiger partial charge in [0.05, 0.1) is 20.1 Å². The highest BCUT2D eigenvalue weighted by Crippen LogP contribution is 2.55. The molecule has 0 aliphatic heterocycles. The van der Waals surface area contributed by atoms with Crippen molar-refractivity contribution in [1.82, 2.24) is 5.32 Å². The van der Waals surface area contributed by atoms with Gasteiger partial charge in [0, 0.05) is 5.54 Å². The predicted molar refractivity (Wildman–Crippen MR) is 88.3 cm³/mol. The summed E-state index contributed by atoms with van der Waals surface area (Å²) in [7, 11) is 4.52. The first-order valence-electron chi connectivity index (χ1n) is 9.58. The second kappa shape index (κ2) is 5.22. The Morgan fingerprint density at radius 3 is 2.00 bits per heavy atom. The minimum absolute atomic E-state index is 0.182. The minimum atomic E-state index is 0.182. The number of carbonyl (C=O) groups excluding carboxylic acids is 1. The van der Waals surface area contributed by atoms with E-state index in [0.717, 1.165) is 22.2 Å². The van der Waals surface area contributed by atoms with Gasteiger partial charge in [0.1, 0.15) is 0 Å². The van der Waals surface area contributed by atoms with Crippen LogP contribution in [-0.2, 0) is 4.79 Å². The zero-order valence-corrected chi connectivity index (χ0v) is 14.4. The third-order valence-corrected chi connectivity index (χ3v) is 7.31. The van der Waals surface area contributed by atoms with Gasteiger partial charge in [-0.3, -0.25) is 4.79 Å². The Morgan fingerprint density at radius 2 is 1.50 bits per heavy atom. The van der Waals surface area contributed by atoms with Gasteiger partial charge in [-0.1, -0.05) is 0 Å². The third-order valence-electron chi connectivity index (χ3n) is 7.31. The van der Waals surface area contributed by atoms with E-state index in [1.165, 1.54) is 64.2 Å². The van der Waals surface area contributed by atoms with Crippen LogP contribution in [0.5, 0.6) is 0 Å². The third kappa shape index (κ3) is 2.70. The number of rotatable bonds is 4. The minimum Gasteiger partial charge on any atom is -0.346 e. The number of nitrogens with one attached hydrogen (secondary N) is 1. The smallest absolute Gasteiger partial charge is 0.275 e. The van der Waals surface area contributed by atoms with Gasteiger partial charge in [0.25, 0.3) is 5.91 Å². The number of likely N-dealkylation sites (N-methyl/N-ethyl adjacent to an activating group) is 1. The topological polar surface area (TPSA) is 29.1 Å². The number of amides is 1. The second-order valence-electron chi connectivity index (χ2n) is 9.62. The zero-order valence-electron chi connectivity index (χ0n) is 14.4. The van der Waals surface area contributed by atoms with Crippen molar-refractivity contribution < 1.29 is 9.28 Å². The van der Waals surface area contributed by atoms with E-state index < -0.39 is 0 Å². The summed E-state index contributed by atoms with van der Waals surface area (Å²) < 4.78 is 0.887. The molecule has 22 heavy (non-hydrogen) atoms. The Morgan fingerprint density at radius 1 is 1.00 bits per heavy atom. The average molecular weight is 305 g/mol. The van der Waals surface area contributed by atoms with E-state index in [9.17, 15) is 4.79 Å². The average Bonchev–Trinajstić information content (AvgIpc) is 2.89. The maximum atomic E-state index is 12.8. The molecule has 5 aliphatic rings. The lowest BCUT2D eigenvalue weighted by atomic mass is 9.53. The zero-order chi connectivity index (χ0) is 15.4. The molecule has 0 atom stereocenters. The van der Waals surface area contributed by atoms with Crippen molar-refractivity contribution in [2.45, 2.75) is 75.8 Å². The van der Waals surface area contributed by atoms with Crippen LogP contribution < -0.4 is 5.32 Å². The summed E-state index contributed by atoms with van der Waals surface area (Å²) in [6.07, 6.45) is 13.4. The Bertz CT molecular complexity index is 415. The summed E-state index contributed by atoms with van der Waals surface area (Å²) in [5.74, 6) is 3.04. The van der Waals surface area contributed by atoms with Crippen LogP contribution in [0.2, 0.25) is 0 Å². The number of hydrogen-bond acceptors (Lipinski definition) is 1. The molecule has 1 amide bonds. The van der Waals surface area contributed by atoms with E-state index in [1.54, 1.807) is 0 Å². The summed E-state index contributed by atoms with van der Waals surface area (Å²) in [5, 5.41) is 3.55. The molecule has 5 rings (SSSR count). The number of quaternary nitrogens is 1. The molecule has 0 saturated heterocycles. The molecule has 5 aliphatic carbocycles. The van der Waals surface area contributed by atoms with E-state index in [0.29, 0.717) is 18.5 Å². The molecule has 0 unspecified atom stereocenters. The molecule has 3 heteroatoms. The fraction of sp³-hybridized carbons (Fsp3) is 0.947. The van der Waals surface area contributed by atoms with Crippen LogP contribution in [0, 0.1) is 17.8 Å². The Labute approximate surface area is 135 Å². The molecule has 0 aromatic rings. The second-order valence-corrected chi connectivity index (χ2v) is 9.62. The van der Waals surface area contributed by atoms with Crippen LogP contribution in [0.25, 0.3) is 0 Å². The van der Waals surface area contributed by atoms with E-state index in [-0.39, 0.29) is 5.54 Å². The predicted octanol–water partition coefficient (Wildman–Crippen LogP) is 3.09. The molecule has 0 radical (unpaired) electrons. The summed E-state index contributed by atoms with van der Waals surface area (Å²) in [6, 6.07) is 0.696. The summed E-state index contributed by atoms with van der Waals surface area (Å²) >= 11 is 0. The molecule has 1 N–H and O–H groups in total. The van der Waals surface area contributed by atoms with Crippen molar-refractivity contribution in [3.05, 3.63) is 0 Å². The van der Waals surface area contributed by atoms with Crippen molar-refractivity contribution in [3.63, 3.8) is 0 Å². The van der Waals surface area contributed by atoms with Gasteiger partial charge in [-0.25, -0.2) is 0 Å². The van der Waals surface area contributed by atoms with Gasteiger partial charge in [0.15, 0.2) is 6.54 Å². The summed E-state index contributed by atoms with van der Waals surface area (Å²) in [4.78, 5) is 12.8. The fourth-order valence-electron chi connectivity index (χ4n) is 6.70. The van der Waals surface area contributed by atoms with Crippen molar-refractivity contribution >= 4 is 5.91 Å². The van der Waals surface area contributed by atoms with E-state index in [1.807, 2.05) is 0 Å². The van der Waals surface area contributed by atoms with Crippen LogP contribution in [-0.4, -0.2) is 42.6 Å². The standard InChI is InChI=1S/C19H32N2O/c1-21(2,17-5-3-4-6-17)13-18(22)20-19-10-14-7-15(11-19)9-16(8-14)12-19/h14-17H,3-13H2,1-2H3/p+1. The monoisotopic (exact) mass is 305 g/mol. The molecule has 0 aromatic carbocycles. The summed E-state index contributed by atoms with van der Waals surface area (Å²) in [5.41, 5.74) is 0.182. The molecule has 5 fully saturated rings. The maximum Gasteiger partial charge on any atom is 0.275 e. The molecule has 0 heterocycles. The van der Waals surface area contributed by atoms with Crippen molar-refractivity contribution in [1.29, 1.82) is 0 Å². The van der Waals surface area contributed by atoms with Gasteiger partial charge in [-0.15, -0.1) is 0 Å². The van der Waals surface area contributed by atoms with Crippen LogP contribution >= 0.6 is 0 Å². The summed E-state index contributed by atoms with van der Waals surface area (Å²) in [6.45, 7) is 0.673. The van der Waals surface area contributed by atoms with E-state index >= 15 is 0 Å². The highest BCUT2D eigenvalue weighted by atomic mass is 16.2.